The predicted octanol–water partition coefficient (Wildman–Crippen LogP) is 5.31. The number of para-hydroxylation sites is 1. The number of imide groups is 1. The third-order valence-corrected chi connectivity index (χ3v) is 13.8. The van der Waals surface area contributed by atoms with E-state index in [1.807, 2.05) is 18.2 Å². The molecule has 1 aromatic carbocycles. The lowest BCUT2D eigenvalue weighted by atomic mass is 9.85. The van der Waals surface area contributed by atoms with Crippen LogP contribution < -0.4 is 21.6 Å². The van der Waals surface area contributed by atoms with E-state index in [9.17, 15) is 33.1 Å². The molecule has 2 aliphatic carbocycles. The quantitative estimate of drug-likeness (QED) is 0.0835. The Labute approximate surface area is 368 Å². The van der Waals surface area contributed by atoms with Crippen molar-refractivity contribution in [1.82, 2.24) is 43.7 Å². The molecule has 64 heavy (non-hydrogen) atoms. The number of rotatable bonds is 14. The van der Waals surface area contributed by atoms with Crippen LogP contribution >= 0.6 is 0 Å². The first-order chi connectivity index (χ1) is 31.0. The number of hydrogen-bond acceptors (Lipinski definition) is 11. The molecule has 0 spiro atoms. The number of amides is 3. The number of nitrogens with one attached hydrogen (secondary N) is 3. The zero-order valence-corrected chi connectivity index (χ0v) is 36.1. The van der Waals surface area contributed by atoms with E-state index in [1.165, 1.54) is 21.5 Å². The number of aliphatic hydroxyl groups is 1. The predicted molar refractivity (Wildman–Crippen MR) is 233 cm³/mol. The van der Waals surface area contributed by atoms with E-state index in [2.05, 4.69) is 36.0 Å². The van der Waals surface area contributed by atoms with Crippen LogP contribution in [-0.2, 0) is 27.8 Å². The number of halogens is 2. The number of imidazole rings is 1. The summed E-state index contributed by atoms with van der Waals surface area (Å²) in [4.78, 5) is 58.2. The van der Waals surface area contributed by atoms with E-state index >= 15 is 0 Å². The molecule has 342 valence electrons. The molecular formula is C45H57F2N11O6. The summed E-state index contributed by atoms with van der Waals surface area (Å²) in [6.07, 6.45) is 12.3. The van der Waals surface area contributed by atoms with Crippen molar-refractivity contribution in [2.24, 2.45) is 13.0 Å². The number of carbonyl (C=O) groups excluding carboxylic acids is 3. The fraction of sp³-hybridized carbons (Fsp3) is 0.578. The van der Waals surface area contributed by atoms with Gasteiger partial charge in [-0.25, -0.2) is 23.1 Å². The summed E-state index contributed by atoms with van der Waals surface area (Å²) >= 11 is 0. The van der Waals surface area contributed by atoms with Crippen molar-refractivity contribution in [3.8, 4) is 0 Å². The van der Waals surface area contributed by atoms with Crippen molar-refractivity contribution in [2.75, 3.05) is 36.9 Å². The number of nitrogens with zero attached hydrogens (tertiary/aromatic N) is 8. The maximum absolute atomic E-state index is 14.3. The molecule has 0 bridgehead atoms. The Hall–Kier alpha value is -5.53. The second kappa shape index (κ2) is 18.9. The highest BCUT2D eigenvalue weighted by Crippen LogP contribution is 2.36. The van der Waals surface area contributed by atoms with Gasteiger partial charge in [-0.2, -0.15) is 10.2 Å². The molecule has 2 saturated carbocycles. The first-order valence-electron chi connectivity index (χ1n) is 22.8. The average Bonchev–Trinajstić information content (AvgIpc) is 3.98. The van der Waals surface area contributed by atoms with Crippen molar-refractivity contribution >= 4 is 45.9 Å². The standard InChI is InChI=1S/C45H57F2N11O6/c1-54-40-28(6-4-9-34(40)58(45(54)63)35-15-16-38(60)52-44(35)62)7-5-23-64-30-17-20-55(21-18-30)25-27-11-13-29(14-12-27)57-26-33(39(53-57)41(46)47)50-43(61)31-24-48-56-22-19-37(51-42(31)56)49-32-8-2-3-10-36(32)59/h4,6,9,19,22,24,26-27,29-30,32,35-36,41,59H,2-3,5,7-8,10-18,20-21,23,25H2,1H3,(H,49,51)(H,50,61)(H,52,60,62)/t27-,29-,32-,35?,36+/m1/s1. The number of aliphatic hydroxyl groups excluding tert-OH is 1. The van der Waals surface area contributed by atoms with Gasteiger partial charge in [-0.1, -0.05) is 25.0 Å². The van der Waals surface area contributed by atoms with Crippen LogP contribution in [-0.4, -0.2) is 106 Å². The number of aryl methyl sites for hydroxylation is 2. The van der Waals surface area contributed by atoms with Crippen LogP contribution in [0.4, 0.5) is 20.3 Å². The molecule has 4 aliphatic rings. The lowest BCUT2D eigenvalue weighted by molar-refractivity contribution is -0.135. The number of anilines is 2. The van der Waals surface area contributed by atoms with Crippen LogP contribution in [0, 0.1) is 5.92 Å². The van der Waals surface area contributed by atoms with Crippen molar-refractivity contribution in [3.63, 3.8) is 0 Å². The third-order valence-electron chi connectivity index (χ3n) is 13.8. The lowest BCUT2D eigenvalue weighted by Gasteiger charge is -2.36. The zero-order chi connectivity index (χ0) is 44.5. The van der Waals surface area contributed by atoms with E-state index in [1.54, 1.807) is 28.6 Å². The van der Waals surface area contributed by atoms with Crippen LogP contribution in [0.2, 0.25) is 0 Å². The summed E-state index contributed by atoms with van der Waals surface area (Å²) in [6.45, 7) is 3.48. The first-order valence-corrected chi connectivity index (χ1v) is 22.8. The molecule has 19 heteroatoms. The molecule has 4 fully saturated rings. The zero-order valence-electron chi connectivity index (χ0n) is 36.1. The topological polar surface area (TPSA) is 195 Å². The van der Waals surface area contributed by atoms with Gasteiger partial charge in [-0.15, -0.1) is 0 Å². The highest BCUT2D eigenvalue weighted by molar-refractivity contribution is 6.08. The second-order valence-corrected chi connectivity index (χ2v) is 18.0. The second-order valence-electron chi connectivity index (χ2n) is 18.0. The Kier molecular flexibility index (Phi) is 12.9. The van der Waals surface area contributed by atoms with E-state index in [0.29, 0.717) is 36.7 Å². The average molecular weight is 886 g/mol. The molecule has 0 radical (unpaired) electrons. The minimum Gasteiger partial charge on any atom is -0.391 e. The van der Waals surface area contributed by atoms with Crippen LogP contribution in [0.1, 0.15) is 124 Å². The molecule has 6 heterocycles. The number of piperidine rings is 2. The molecule has 9 rings (SSSR count). The smallest absolute Gasteiger partial charge is 0.329 e. The highest BCUT2D eigenvalue weighted by atomic mass is 19.3. The molecule has 1 unspecified atom stereocenters. The van der Waals surface area contributed by atoms with Crippen LogP contribution in [0.25, 0.3) is 16.7 Å². The molecule has 2 aliphatic heterocycles. The molecular weight excluding hydrogens is 829 g/mol. The van der Waals surface area contributed by atoms with Gasteiger partial charge >= 0.3 is 5.69 Å². The van der Waals surface area contributed by atoms with Crippen molar-refractivity contribution < 1.29 is 33.0 Å². The molecule has 2 saturated heterocycles. The fourth-order valence-electron chi connectivity index (χ4n) is 10.3. The van der Waals surface area contributed by atoms with Crippen LogP contribution in [0.5, 0.6) is 0 Å². The largest absolute Gasteiger partial charge is 0.391 e. The number of hydrogen-bond donors (Lipinski definition) is 4. The van der Waals surface area contributed by atoms with E-state index < -0.39 is 36.1 Å². The van der Waals surface area contributed by atoms with Crippen LogP contribution in [0.3, 0.4) is 0 Å². The number of aromatic nitrogens is 7. The summed E-state index contributed by atoms with van der Waals surface area (Å²) in [5, 5.41) is 27.2. The van der Waals surface area contributed by atoms with E-state index in [-0.39, 0.29) is 53.1 Å². The Morgan fingerprint density at radius 2 is 1.81 bits per heavy atom. The number of carbonyl (C=O) groups is 3. The van der Waals surface area contributed by atoms with Crippen LogP contribution in [0.15, 0.2) is 47.7 Å². The summed E-state index contributed by atoms with van der Waals surface area (Å²) in [7, 11) is 1.72. The van der Waals surface area contributed by atoms with Gasteiger partial charge in [0.2, 0.25) is 11.8 Å². The minimum atomic E-state index is -2.88. The van der Waals surface area contributed by atoms with Crippen molar-refractivity contribution in [1.29, 1.82) is 0 Å². The molecule has 5 aromatic rings. The van der Waals surface area contributed by atoms with Gasteiger partial charge < -0.3 is 25.4 Å². The number of alkyl halides is 2. The van der Waals surface area contributed by atoms with Gasteiger partial charge in [-0.3, -0.25) is 33.5 Å². The maximum Gasteiger partial charge on any atom is 0.329 e. The molecule has 3 amide bonds. The van der Waals surface area contributed by atoms with Crippen molar-refractivity contribution in [3.05, 3.63) is 70.2 Å². The van der Waals surface area contributed by atoms with Gasteiger partial charge in [-0.05, 0) is 94.2 Å². The number of benzene rings is 1. The Morgan fingerprint density at radius 1 is 1.02 bits per heavy atom. The molecule has 4 N–H and O–H groups in total. The monoisotopic (exact) mass is 885 g/mol. The van der Waals surface area contributed by atoms with Gasteiger partial charge in [0, 0.05) is 52.1 Å². The third kappa shape index (κ3) is 9.19. The summed E-state index contributed by atoms with van der Waals surface area (Å²) < 4.78 is 41.1. The fourth-order valence-corrected chi connectivity index (χ4v) is 10.3. The van der Waals surface area contributed by atoms with Gasteiger partial charge in [0.25, 0.3) is 12.3 Å². The normalized spacial score (nSPS) is 23.9. The number of ether oxygens (including phenoxy) is 1. The van der Waals surface area contributed by atoms with Gasteiger partial charge in [0.05, 0.1) is 47.2 Å². The maximum atomic E-state index is 14.3. The summed E-state index contributed by atoms with van der Waals surface area (Å²) in [6, 6.07) is 6.59. The molecule has 17 nitrogen and oxygen atoms in total. The highest BCUT2D eigenvalue weighted by Gasteiger charge is 2.33. The summed E-state index contributed by atoms with van der Waals surface area (Å²) in [5.74, 6) is -0.382. The number of fused-ring (bicyclic) bond motifs is 2. The minimum absolute atomic E-state index is 0.0304. The first kappa shape index (κ1) is 43.7. The Morgan fingerprint density at radius 3 is 2.58 bits per heavy atom. The summed E-state index contributed by atoms with van der Waals surface area (Å²) in [5.41, 5.74) is 2.15. The Balaban J connectivity index is 0.728. The molecule has 4 aromatic heterocycles. The lowest BCUT2D eigenvalue weighted by Crippen LogP contribution is -2.44. The Bertz CT molecular complexity index is 2550. The van der Waals surface area contributed by atoms with E-state index in [0.717, 1.165) is 101 Å². The SMILES string of the molecule is Cn1c(=O)n(C2CCC(=O)NC2=O)c2cccc(CCCOC3CCN(C[C@H]4CC[C@H](n5cc(NC(=O)c6cnn7ccc(N[C@@H]8CCCC[C@@H]8O)nc67)c(C(F)F)n5)CC4)CC3)c21. The van der Waals surface area contributed by atoms with Gasteiger partial charge in [0.15, 0.2) is 11.3 Å². The van der Waals surface area contributed by atoms with Crippen molar-refractivity contribution in [2.45, 2.75) is 127 Å². The molecule has 3 atom stereocenters. The van der Waals surface area contributed by atoms with E-state index in [4.69, 9.17) is 4.74 Å². The number of likely N-dealkylation sites (tertiary alicyclic amines) is 1. The van der Waals surface area contributed by atoms with Gasteiger partial charge in [0.1, 0.15) is 17.4 Å².